The second-order valence-electron chi connectivity index (χ2n) is 3.55. The molecule has 1 aromatic rings. The van der Waals surface area contributed by atoms with Gasteiger partial charge in [0.2, 0.25) is 0 Å². The molecule has 1 aromatic heterocycles. The Labute approximate surface area is 89.1 Å². The van der Waals surface area contributed by atoms with Gasteiger partial charge in [0.1, 0.15) is 0 Å². The largest absolute Gasteiger partial charge is 0.246 e. The Balaban J connectivity index is 2.45. The number of nitrogens with zero attached hydrogens (tertiary/aromatic N) is 1. The number of halogens is 1. The van der Waals surface area contributed by atoms with Crippen molar-refractivity contribution in [3.8, 4) is 0 Å². The normalized spacial score (nSPS) is 13.2. The number of thiazole rings is 1. The summed E-state index contributed by atoms with van der Waals surface area (Å²) >= 11 is 7.55. The van der Waals surface area contributed by atoms with Crippen LogP contribution in [0.2, 0.25) is 0 Å². The van der Waals surface area contributed by atoms with Gasteiger partial charge in [-0.1, -0.05) is 6.92 Å². The third kappa shape index (κ3) is 3.28. The molecule has 0 fully saturated rings. The first kappa shape index (κ1) is 11.0. The molecule has 74 valence electrons. The van der Waals surface area contributed by atoms with Gasteiger partial charge in [0.05, 0.1) is 10.7 Å². The first-order chi connectivity index (χ1) is 6.13. The fraction of sp³-hybridized carbons (Fsp3) is 0.700. The van der Waals surface area contributed by atoms with Crippen molar-refractivity contribution in [3.05, 3.63) is 15.6 Å². The predicted octanol–water partition coefficient (Wildman–Crippen LogP) is 3.57. The van der Waals surface area contributed by atoms with Crippen LogP contribution in [-0.4, -0.2) is 10.9 Å². The van der Waals surface area contributed by atoms with Gasteiger partial charge >= 0.3 is 0 Å². The van der Waals surface area contributed by atoms with E-state index in [0.717, 1.165) is 18.7 Å². The van der Waals surface area contributed by atoms with Gasteiger partial charge in [-0.25, -0.2) is 4.98 Å². The molecule has 0 amide bonds. The third-order valence-electron chi connectivity index (χ3n) is 2.19. The second-order valence-corrected chi connectivity index (χ2v) is 5.14. The molecule has 0 bridgehead atoms. The van der Waals surface area contributed by atoms with E-state index in [1.807, 2.05) is 11.3 Å². The average molecular weight is 218 g/mol. The van der Waals surface area contributed by atoms with Gasteiger partial charge in [-0.3, -0.25) is 0 Å². The predicted molar refractivity (Wildman–Crippen MR) is 59.8 cm³/mol. The van der Waals surface area contributed by atoms with Gasteiger partial charge < -0.3 is 0 Å². The number of aromatic nitrogens is 1. The molecule has 0 radical (unpaired) electrons. The van der Waals surface area contributed by atoms with E-state index in [1.54, 1.807) is 0 Å². The molecule has 1 atom stereocenters. The van der Waals surface area contributed by atoms with E-state index in [1.165, 1.54) is 15.6 Å². The van der Waals surface area contributed by atoms with Crippen molar-refractivity contribution in [2.24, 2.45) is 5.92 Å². The summed E-state index contributed by atoms with van der Waals surface area (Å²) in [6.07, 6.45) is 2.23. The third-order valence-corrected chi connectivity index (χ3v) is 3.85. The summed E-state index contributed by atoms with van der Waals surface area (Å²) in [4.78, 5) is 5.83. The number of rotatable bonds is 4. The maximum Gasteiger partial charge on any atom is 0.0930 e. The van der Waals surface area contributed by atoms with Crippen molar-refractivity contribution in [3.63, 3.8) is 0 Å². The number of hydrogen-bond acceptors (Lipinski definition) is 2. The van der Waals surface area contributed by atoms with Crippen molar-refractivity contribution in [1.82, 2.24) is 4.98 Å². The minimum absolute atomic E-state index is 0.603. The molecule has 1 nitrogen and oxygen atoms in total. The summed E-state index contributed by atoms with van der Waals surface area (Å²) in [5, 5.41) is 1.26. The quantitative estimate of drug-likeness (QED) is 0.703. The molecule has 3 heteroatoms. The molecule has 0 saturated heterocycles. The van der Waals surface area contributed by atoms with Crippen LogP contribution < -0.4 is 0 Å². The smallest absolute Gasteiger partial charge is 0.0930 e. The standard InChI is InChI=1S/C10H16ClNS/c1-7(6-11)4-5-10-12-8(2)9(3)13-10/h7H,4-6H2,1-3H3. The number of hydrogen-bond donors (Lipinski definition) is 0. The lowest BCUT2D eigenvalue weighted by molar-refractivity contribution is 0.591. The van der Waals surface area contributed by atoms with Gasteiger partial charge in [0, 0.05) is 10.8 Å². The lowest BCUT2D eigenvalue weighted by Gasteiger charge is -2.03. The topological polar surface area (TPSA) is 12.9 Å². The van der Waals surface area contributed by atoms with E-state index in [0.29, 0.717) is 5.92 Å². The molecule has 1 heterocycles. The Morgan fingerprint density at radius 1 is 1.46 bits per heavy atom. The molecular weight excluding hydrogens is 202 g/mol. The number of alkyl halides is 1. The summed E-state index contributed by atoms with van der Waals surface area (Å²) in [6, 6.07) is 0. The van der Waals surface area contributed by atoms with Crippen molar-refractivity contribution in [1.29, 1.82) is 0 Å². The van der Waals surface area contributed by atoms with Crippen molar-refractivity contribution < 1.29 is 0 Å². The lowest BCUT2D eigenvalue weighted by Crippen LogP contribution is -1.98. The van der Waals surface area contributed by atoms with Crippen LogP contribution in [0.15, 0.2) is 0 Å². The molecule has 0 spiro atoms. The van der Waals surface area contributed by atoms with Crippen LogP contribution in [0, 0.1) is 19.8 Å². The van der Waals surface area contributed by atoms with Crippen molar-refractivity contribution in [2.75, 3.05) is 5.88 Å². The van der Waals surface area contributed by atoms with E-state index < -0.39 is 0 Å². The Morgan fingerprint density at radius 3 is 2.62 bits per heavy atom. The Bertz CT molecular complexity index is 250. The van der Waals surface area contributed by atoms with Crippen LogP contribution >= 0.6 is 22.9 Å². The fourth-order valence-electron chi connectivity index (χ4n) is 1.09. The lowest BCUT2D eigenvalue weighted by atomic mass is 10.1. The number of aryl methyl sites for hydroxylation is 3. The van der Waals surface area contributed by atoms with Crippen LogP contribution in [0.5, 0.6) is 0 Å². The minimum atomic E-state index is 0.603. The highest BCUT2D eigenvalue weighted by Gasteiger charge is 2.05. The van der Waals surface area contributed by atoms with Gasteiger partial charge in [0.15, 0.2) is 0 Å². The highest BCUT2D eigenvalue weighted by molar-refractivity contribution is 7.11. The second kappa shape index (κ2) is 4.97. The SMILES string of the molecule is Cc1nc(CCC(C)CCl)sc1C. The zero-order chi connectivity index (χ0) is 9.84. The average Bonchev–Trinajstić information content (AvgIpc) is 2.42. The summed E-state index contributed by atoms with van der Waals surface area (Å²) in [6.45, 7) is 6.38. The molecule has 0 saturated carbocycles. The summed E-state index contributed by atoms with van der Waals surface area (Å²) < 4.78 is 0. The minimum Gasteiger partial charge on any atom is -0.246 e. The zero-order valence-electron chi connectivity index (χ0n) is 8.43. The molecule has 0 aliphatic heterocycles. The van der Waals surface area contributed by atoms with Gasteiger partial charge in [0.25, 0.3) is 0 Å². The molecule has 0 N–H and O–H groups in total. The van der Waals surface area contributed by atoms with Crippen molar-refractivity contribution in [2.45, 2.75) is 33.6 Å². The van der Waals surface area contributed by atoms with Gasteiger partial charge in [-0.15, -0.1) is 22.9 Å². The zero-order valence-corrected chi connectivity index (χ0v) is 10.0. The van der Waals surface area contributed by atoms with E-state index in [2.05, 4.69) is 25.8 Å². The monoisotopic (exact) mass is 217 g/mol. The van der Waals surface area contributed by atoms with Gasteiger partial charge in [-0.05, 0) is 32.6 Å². The Kier molecular flexibility index (Phi) is 4.20. The Morgan fingerprint density at radius 2 is 2.15 bits per heavy atom. The molecule has 0 aliphatic carbocycles. The molecular formula is C10H16ClNS. The van der Waals surface area contributed by atoms with Crippen molar-refractivity contribution >= 4 is 22.9 Å². The van der Waals surface area contributed by atoms with Crippen LogP contribution in [0.4, 0.5) is 0 Å². The molecule has 1 rings (SSSR count). The van der Waals surface area contributed by atoms with E-state index >= 15 is 0 Å². The fourth-order valence-corrected chi connectivity index (χ4v) is 2.20. The maximum absolute atomic E-state index is 5.74. The molecule has 13 heavy (non-hydrogen) atoms. The highest BCUT2D eigenvalue weighted by Crippen LogP contribution is 2.19. The van der Waals surface area contributed by atoms with E-state index in [9.17, 15) is 0 Å². The summed E-state index contributed by atoms with van der Waals surface area (Å²) in [5.41, 5.74) is 1.18. The van der Waals surface area contributed by atoms with Crippen LogP contribution in [0.1, 0.15) is 28.9 Å². The van der Waals surface area contributed by atoms with Crippen LogP contribution in [-0.2, 0) is 6.42 Å². The van der Waals surface area contributed by atoms with E-state index in [4.69, 9.17) is 11.6 Å². The van der Waals surface area contributed by atoms with Crippen LogP contribution in [0.25, 0.3) is 0 Å². The Hall–Kier alpha value is -0.0800. The summed E-state index contributed by atoms with van der Waals surface area (Å²) in [5.74, 6) is 1.36. The first-order valence-electron chi connectivity index (χ1n) is 4.62. The molecule has 1 unspecified atom stereocenters. The first-order valence-corrected chi connectivity index (χ1v) is 5.97. The highest BCUT2D eigenvalue weighted by atomic mass is 35.5. The maximum atomic E-state index is 5.74. The molecule has 0 aliphatic rings. The molecule has 0 aromatic carbocycles. The van der Waals surface area contributed by atoms with Crippen LogP contribution in [0.3, 0.4) is 0 Å². The van der Waals surface area contributed by atoms with E-state index in [-0.39, 0.29) is 0 Å². The summed E-state index contributed by atoms with van der Waals surface area (Å²) in [7, 11) is 0. The van der Waals surface area contributed by atoms with Gasteiger partial charge in [-0.2, -0.15) is 0 Å².